The van der Waals surface area contributed by atoms with Gasteiger partial charge in [-0.25, -0.2) is 0 Å². The van der Waals surface area contributed by atoms with Crippen LogP contribution < -0.4 is 10.2 Å². The quantitative estimate of drug-likeness (QED) is 0.908. The third kappa shape index (κ3) is 3.51. The molecule has 110 valence electrons. The molecule has 4 heteroatoms. The summed E-state index contributed by atoms with van der Waals surface area (Å²) in [7, 11) is 1.81. The van der Waals surface area contributed by atoms with Gasteiger partial charge in [-0.15, -0.1) is 0 Å². The molecule has 0 saturated carbocycles. The molecule has 1 aliphatic heterocycles. The maximum Gasteiger partial charge on any atom is 0.236 e. The zero-order valence-corrected chi connectivity index (χ0v) is 12.7. The Balaban J connectivity index is 1.91. The van der Waals surface area contributed by atoms with Crippen LogP contribution in [0.3, 0.4) is 0 Å². The molecule has 0 aromatic heterocycles. The molecule has 1 saturated heterocycles. The monoisotopic (exact) mass is 275 g/mol. The van der Waals surface area contributed by atoms with Gasteiger partial charge in [0, 0.05) is 31.9 Å². The van der Waals surface area contributed by atoms with Crippen molar-refractivity contribution in [2.75, 3.05) is 44.7 Å². The first kappa shape index (κ1) is 14.9. The second-order valence-corrected chi connectivity index (χ2v) is 5.64. The number of hydrogen-bond donors (Lipinski definition) is 1. The van der Waals surface area contributed by atoms with Crippen molar-refractivity contribution in [1.29, 1.82) is 0 Å². The lowest BCUT2D eigenvalue weighted by atomic mass is 10.0. The number of nitrogens with one attached hydrogen (secondary N) is 1. The first-order valence-electron chi connectivity index (χ1n) is 7.39. The molecule has 1 fully saturated rings. The summed E-state index contributed by atoms with van der Waals surface area (Å²) in [4.78, 5) is 16.1. The Labute approximate surface area is 121 Å². The number of anilines is 1. The van der Waals surface area contributed by atoms with Crippen molar-refractivity contribution >= 4 is 11.6 Å². The van der Waals surface area contributed by atoms with E-state index in [0.717, 1.165) is 26.2 Å². The predicted molar refractivity (Wildman–Crippen MR) is 83.3 cm³/mol. The van der Waals surface area contributed by atoms with Crippen LogP contribution in [0.5, 0.6) is 0 Å². The SMILES string of the molecule is CNCC(=O)N1CCN(c2ccc(C(C)C)cc2)CC1. The second kappa shape index (κ2) is 6.75. The molecule has 0 unspecified atom stereocenters. The Morgan fingerprint density at radius 2 is 1.75 bits per heavy atom. The Bertz CT molecular complexity index is 434. The normalized spacial score (nSPS) is 15.8. The largest absolute Gasteiger partial charge is 0.368 e. The summed E-state index contributed by atoms with van der Waals surface area (Å²) in [6, 6.07) is 8.80. The number of carbonyl (C=O) groups is 1. The minimum atomic E-state index is 0.197. The van der Waals surface area contributed by atoms with Crippen molar-refractivity contribution in [3.63, 3.8) is 0 Å². The molecule has 1 amide bonds. The number of rotatable bonds is 4. The van der Waals surface area contributed by atoms with Gasteiger partial charge in [0.25, 0.3) is 0 Å². The van der Waals surface area contributed by atoms with Gasteiger partial charge in [-0.05, 0) is 30.7 Å². The van der Waals surface area contributed by atoms with Crippen LogP contribution in [-0.2, 0) is 4.79 Å². The summed E-state index contributed by atoms with van der Waals surface area (Å²) >= 11 is 0. The predicted octanol–water partition coefficient (Wildman–Crippen LogP) is 1.68. The fraction of sp³-hybridized carbons (Fsp3) is 0.562. The fourth-order valence-electron chi connectivity index (χ4n) is 2.55. The standard InChI is InChI=1S/C16H25N3O/c1-13(2)14-4-6-15(7-5-14)18-8-10-19(11-9-18)16(20)12-17-3/h4-7,13,17H,8-12H2,1-3H3. The molecule has 1 heterocycles. The number of piperazine rings is 1. The number of hydrogen-bond acceptors (Lipinski definition) is 3. The van der Waals surface area contributed by atoms with E-state index in [1.807, 2.05) is 11.9 Å². The van der Waals surface area contributed by atoms with E-state index in [1.165, 1.54) is 11.3 Å². The van der Waals surface area contributed by atoms with Crippen LogP contribution in [0.25, 0.3) is 0 Å². The lowest BCUT2D eigenvalue weighted by Crippen LogP contribution is -2.50. The third-order valence-corrected chi connectivity index (χ3v) is 3.89. The van der Waals surface area contributed by atoms with Crippen LogP contribution in [0.1, 0.15) is 25.3 Å². The molecule has 1 N–H and O–H groups in total. The van der Waals surface area contributed by atoms with Crippen molar-refractivity contribution in [2.45, 2.75) is 19.8 Å². The van der Waals surface area contributed by atoms with Crippen molar-refractivity contribution in [3.05, 3.63) is 29.8 Å². The fourth-order valence-corrected chi connectivity index (χ4v) is 2.55. The van der Waals surface area contributed by atoms with Gasteiger partial charge in [0.1, 0.15) is 0 Å². The van der Waals surface area contributed by atoms with Gasteiger partial charge in [0.2, 0.25) is 5.91 Å². The molecule has 0 aliphatic carbocycles. The molecule has 1 aliphatic rings. The number of benzene rings is 1. The zero-order valence-electron chi connectivity index (χ0n) is 12.7. The van der Waals surface area contributed by atoms with Crippen LogP contribution in [0.4, 0.5) is 5.69 Å². The van der Waals surface area contributed by atoms with Crippen LogP contribution >= 0.6 is 0 Å². The Morgan fingerprint density at radius 3 is 2.25 bits per heavy atom. The molecular weight excluding hydrogens is 250 g/mol. The van der Waals surface area contributed by atoms with Crippen molar-refractivity contribution < 1.29 is 4.79 Å². The van der Waals surface area contributed by atoms with E-state index in [2.05, 4.69) is 48.3 Å². The molecular formula is C16H25N3O. The van der Waals surface area contributed by atoms with E-state index in [4.69, 9.17) is 0 Å². The first-order chi connectivity index (χ1) is 9.61. The third-order valence-electron chi connectivity index (χ3n) is 3.89. The number of carbonyl (C=O) groups excluding carboxylic acids is 1. The second-order valence-electron chi connectivity index (χ2n) is 5.64. The molecule has 1 aromatic rings. The average molecular weight is 275 g/mol. The van der Waals surface area contributed by atoms with Gasteiger partial charge in [-0.1, -0.05) is 26.0 Å². The molecule has 1 aromatic carbocycles. The van der Waals surface area contributed by atoms with E-state index in [0.29, 0.717) is 12.5 Å². The summed E-state index contributed by atoms with van der Waals surface area (Å²) in [6.07, 6.45) is 0. The lowest BCUT2D eigenvalue weighted by molar-refractivity contribution is -0.130. The van der Waals surface area contributed by atoms with E-state index < -0.39 is 0 Å². The highest BCUT2D eigenvalue weighted by Crippen LogP contribution is 2.21. The summed E-state index contributed by atoms with van der Waals surface area (Å²) in [5.41, 5.74) is 2.63. The van der Waals surface area contributed by atoms with Gasteiger partial charge < -0.3 is 15.1 Å². The molecule has 0 spiro atoms. The van der Waals surface area contributed by atoms with Crippen LogP contribution in [0.2, 0.25) is 0 Å². The maximum atomic E-state index is 11.8. The maximum absolute atomic E-state index is 11.8. The topological polar surface area (TPSA) is 35.6 Å². The van der Waals surface area contributed by atoms with Gasteiger partial charge in [-0.3, -0.25) is 4.79 Å². The molecule has 20 heavy (non-hydrogen) atoms. The van der Waals surface area contributed by atoms with Gasteiger partial charge in [0.15, 0.2) is 0 Å². The van der Waals surface area contributed by atoms with Gasteiger partial charge in [0.05, 0.1) is 6.54 Å². The van der Waals surface area contributed by atoms with Gasteiger partial charge in [-0.2, -0.15) is 0 Å². The van der Waals surface area contributed by atoms with E-state index in [9.17, 15) is 4.79 Å². The molecule has 0 bridgehead atoms. The zero-order chi connectivity index (χ0) is 14.5. The Hall–Kier alpha value is -1.55. The van der Waals surface area contributed by atoms with Crippen LogP contribution in [0, 0.1) is 0 Å². The van der Waals surface area contributed by atoms with Crippen molar-refractivity contribution in [1.82, 2.24) is 10.2 Å². The smallest absolute Gasteiger partial charge is 0.236 e. The lowest BCUT2D eigenvalue weighted by Gasteiger charge is -2.36. The summed E-state index contributed by atoms with van der Waals surface area (Å²) in [5, 5.41) is 2.92. The van der Waals surface area contributed by atoms with Gasteiger partial charge >= 0.3 is 0 Å². The minimum Gasteiger partial charge on any atom is -0.368 e. The van der Waals surface area contributed by atoms with Crippen molar-refractivity contribution in [2.24, 2.45) is 0 Å². The molecule has 0 atom stereocenters. The molecule has 4 nitrogen and oxygen atoms in total. The number of amides is 1. The Morgan fingerprint density at radius 1 is 1.15 bits per heavy atom. The van der Waals surface area contributed by atoms with E-state index in [-0.39, 0.29) is 5.91 Å². The molecule has 2 rings (SSSR count). The number of likely N-dealkylation sites (N-methyl/N-ethyl adjacent to an activating group) is 1. The highest BCUT2D eigenvalue weighted by molar-refractivity contribution is 5.78. The first-order valence-corrected chi connectivity index (χ1v) is 7.39. The summed E-state index contributed by atoms with van der Waals surface area (Å²) in [6.45, 7) is 8.30. The van der Waals surface area contributed by atoms with E-state index >= 15 is 0 Å². The van der Waals surface area contributed by atoms with Crippen LogP contribution in [0.15, 0.2) is 24.3 Å². The highest BCUT2D eigenvalue weighted by atomic mass is 16.2. The summed E-state index contributed by atoms with van der Waals surface area (Å²) < 4.78 is 0. The number of nitrogens with zero attached hydrogens (tertiary/aromatic N) is 2. The van der Waals surface area contributed by atoms with Crippen molar-refractivity contribution in [3.8, 4) is 0 Å². The Kier molecular flexibility index (Phi) is 5.01. The average Bonchev–Trinajstić information content (AvgIpc) is 2.48. The molecule has 0 radical (unpaired) electrons. The highest BCUT2D eigenvalue weighted by Gasteiger charge is 2.20. The summed E-state index contributed by atoms with van der Waals surface area (Å²) in [5.74, 6) is 0.766. The van der Waals surface area contributed by atoms with Crippen LogP contribution in [-0.4, -0.2) is 50.6 Å². The minimum absolute atomic E-state index is 0.197. The van der Waals surface area contributed by atoms with E-state index in [1.54, 1.807) is 0 Å².